The average molecular weight is 227 g/mol. The molecule has 0 radical (unpaired) electrons. The van der Waals surface area contributed by atoms with Crippen molar-refractivity contribution in [2.75, 3.05) is 6.54 Å². The van der Waals surface area contributed by atoms with Crippen LogP contribution in [0.1, 0.15) is 20.3 Å². The molecule has 0 rings (SSSR count). The fraction of sp³-hybridized carbons (Fsp3) is 0.833. The normalized spacial score (nSPS) is 17.4. The van der Waals surface area contributed by atoms with Crippen molar-refractivity contribution >= 4 is 13.7 Å². The molecule has 0 heterocycles. The average Bonchev–Trinajstić information content (AvgIpc) is 2.11. The molecule has 0 aliphatic heterocycles. The number of aliphatic carboxylic acids is 1. The first kappa shape index (κ1) is 13.5. The molecule has 14 heavy (non-hydrogen) atoms. The lowest BCUT2D eigenvalue weighted by atomic mass is 10.3. The van der Waals surface area contributed by atoms with Gasteiger partial charge in [0.25, 0.3) is 0 Å². The summed E-state index contributed by atoms with van der Waals surface area (Å²) in [5, 5.41) is 10.0. The minimum absolute atomic E-state index is 0.331. The van der Waals surface area contributed by atoms with E-state index in [-0.39, 0.29) is 6.10 Å². The van der Waals surface area contributed by atoms with Crippen LogP contribution >= 0.6 is 7.75 Å². The molecule has 84 valence electrons. The molecule has 0 amide bonds. The van der Waals surface area contributed by atoms with Gasteiger partial charge in [0.05, 0.1) is 6.10 Å². The maximum absolute atomic E-state index is 11.0. The number of nitrogens with one attached hydrogen (secondary N) is 1. The molecule has 0 aromatic heterocycles. The van der Waals surface area contributed by atoms with E-state index < -0.39 is 20.3 Å². The van der Waals surface area contributed by atoms with Gasteiger partial charge in [-0.25, -0.2) is 14.5 Å². The number of carboxylic acid groups (broad SMARTS) is 1. The Balaban J connectivity index is 3.83. The molecular weight excluding hydrogens is 213 g/mol. The summed E-state index contributed by atoms with van der Waals surface area (Å²) in [5.41, 5.74) is 0. The van der Waals surface area contributed by atoms with Crippen molar-refractivity contribution in [1.29, 1.82) is 0 Å². The third-order valence-corrected chi connectivity index (χ3v) is 2.16. The zero-order valence-corrected chi connectivity index (χ0v) is 8.86. The van der Waals surface area contributed by atoms with Crippen molar-refractivity contribution in [3.05, 3.63) is 0 Å². The molecule has 2 atom stereocenters. The Labute approximate surface area is 81.5 Å². The first-order chi connectivity index (χ1) is 6.37. The molecule has 0 aromatic carbocycles. The van der Waals surface area contributed by atoms with E-state index in [0.717, 1.165) is 0 Å². The SMILES string of the molecule is CCC(C)OOP(=O)(O)NCC(=O)O. The molecule has 0 saturated carbocycles. The van der Waals surface area contributed by atoms with Gasteiger partial charge >= 0.3 is 13.7 Å². The molecule has 0 spiro atoms. The fourth-order valence-corrected chi connectivity index (χ4v) is 1.05. The van der Waals surface area contributed by atoms with Crippen molar-refractivity contribution in [3.63, 3.8) is 0 Å². The summed E-state index contributed by atoms with van der Waals surface area (Å²) in [4.78, 5) is 23.5. The van der Waals surface area contributed by atoms with Crippen LogP contribution in [0.15, 0.2) is 0 Å². The zero-order chi connectivity index (χ0) is 11.2. The van der Waals surface area contributed by atoms with E-state index in [1.807, 2.05) is 0 Å². The number of hydrogen-bond acceptors (Lipinski definition) is 4. The maximum Gasteiger partial charge on any atom is 0.430 e. The van der Waals surface area contributed by atoms with Crippen LogP contribution in [0, 0.1) is 0 Å². The van der Waals surface area contributed by atoms with Gasteiger partial charge in [0.2, 0.25) is 0 Å². The molecule has 8 heteroatoms. The fourth-order valence-electron chi connectivity index (χ4n) is 0.394. The van der Waals surface area contributed by atoms with Crippen LogP contribution in [0.2, 0.25) is 0 Å². The van der Waals surface area contributed by atoms with E-state index in [1.54, 1.807) is 18.9 Å². The highest BCUT2D eigenvalue weighted by atomic mass is 31.2. The Morgan fingerprint density at radius 1 is 1.64 bits per heavy atom. The summed E-state index contributed by atoms with van der Waals surface area (Å²) >= 11 is 0. The smallest absolute Gasteiger partial charge is 0.430 e. The summed E-state index contributed by atoms with van der Waals surface area (Å²) in [6.07, 6.45) is 0.279. The van der Waals surface area contributed by atoms with Crippen molar-refractivity contribution < 1.29 is 28.9 Å². The molecule has 3 N–H and O–H groups in total. The lowest BCUT2D eigenvalue weighted by molar-refractivity contribution is -0.247. The Bertz CT molecular complexity index is 232. The Morgan fingerprint density at radius 3 is 2.64 bits per heavy atom. The van der Waals surface area contributed by atoms with Crippen molar-refractivity contribution in [2.45, 2.75) is 26.4 Å². The van der Waals surface area contributed by atoms with Crippen LogP contribution in [-0.2, 0) is 18.9 Å². The second-order valence-electron chi connectivity index (χ2n) is 2.64. The van der Waals surface area contributed by atoms with Gasteiger partial charge in [-0.3, -0.25) is 4.79 Å². The third kappa shape index (κ3) is 6.99. The molecule has 0 aliphatic rings. The van der Waals surface area contributed by atoms with E-state index in [4.69, 9.17) is 10.00 Å². The van der Waals surface area contributed by atoms with Gasteiger partial charge in [-0.05, 0) is 13.3 Å². The predicted octanol–water partition coefficient (Wildman–Crippen LogP) is 0.508. The lowest BCUT2D eigenvalue weighted by Crippen LogP contribution is -2.21. The van der Waals surface area contributed by atoms with Crippen LogP contribution in [-0.4, -0.2) is 28.6 Å². The quantitative estimate of drug-likeness (QED) is 0.330. The number of hydrogen-bond donors (Lipinski definition) is 3. The van der Waals surface area contributed by atoms with Gasteiger partial charge in [0.1, 0.15) is 6.54 Å². The molecule has 7 nitrogen and oxygen atoms in total. The summed E-state index contributed by atoms with van der Waals surface area (Å²) in [7, 11) is -4.17. The van der Waals surface area contributed by atoms with E-state index in [1.165, 1.54) is 0 Å². The molecule has 2 unspecified atom stereocenters. The molecule has 0 aliphatic carbocycles. The number of carboxylic acids is 1. The molecular formula is C6H14NO6P. The van der Waals surface area contributed by atoms with Crippen LogP contribution in [0.5, 0.6) is 0 Å². The molecule has 0 fully saturated rings. The highest BCUT2D eigenvalue weighted by Gasteiger charge is 2.22. The second kappa shape index (κ2) is 6.10. The minimum atomic E-state index is -4.17. The Kier molecular flexibility index (Phi) is 5.90. The van der Waals surface area contributed by atoms with Gasteiger partial charge in [-0.15, -0.1) is 4.67 Å². The van der Waals surface area contributed by atoms with E-state index in [2.05, 4.69) is 9.56 Å². The van der Waals surface area contributed by atoms with E-state index in [9.17, 15) is 9.36 Å². The van der Waals surface area contributed by atoms with E-state index >= 15 is 0 Å². The number of rotatable bonds is 7. The standard InChI is InChI=1S/C6H14NO6P/c1-3-5(2)12-13-14(10,11)7-4-6(8)9/h5H,3-4H2,1-2H3,(H,8,9)(H2,7,10,11). The van der Waals surface area contributed by atoms with Gasteiger partial charge in [-0.1, -0.05) is 6.92 Å². The van der Waals surface area contributed by atoms with Crippen molar-refractivity contribution in [3.8, 4) is 0 Å². The number of carbonyl (C=O) groups is 1. The van der Waals surface area contributed by atoms with Gasteiger partial charge in [0, 0.05) is 0 Å². The topological polar surface area (TPSA) is 105 Å². The molecule has 0 bridgehead atoms. The van der Waals surface area contributed by atoms with Gasteiger partial charge in [0.15, 0.2) is 0 Å². The predicted molar refractivity (Wildman–Crippen MR) is 47.4 cm³/mol. The second-order valence-corrected chi connectivity index (χ2v) is 4.14. The van der Waals surface area contributed by atoms with Crippen LogP contribution in [0.25, 0.3) is 0 Å². The van der Waals surface area contributed by atoms with Gasteiger partial charge < -0.3 is 10.00 Å². The Hall–Kier alpha value is -0.460. The Morgan fingerprint density at radius 2 is 2.21 bits per heavy atom. The zero-order valence-electron chi connectivity index (χ0n) is 7.97. The maximum atomic E-state index is 11.0. The molecule has 0 saturated heterocycles. The summed E-state index contributed by atoms with van der Waals surface area (Å²) in [6, 6.07) is 0. The van der Waals surface area contributed by atoms with E-state index in [0.29, 0.717) is 6.42 Å². The monoisotopic (exact) mass is 227 g/mol. The minimum Gasteiger partial charge on any atom is -0.480 e. The highest BCUT2D eigenvalue weighted by Crippen LogP contribution is 2.37. The summed E-state index contributed by atoms with van der Waals surface area (Å²) < 4.78 is 15.1. The largest absolute Gasteiger partial charge is 0.480 e. The highest BCUT2D eigenvalue weighted by molar-refractivity contribution is 7.50. The summed E-state index contributed by atoms with van der Waals surface area (Å²) in [5.74, 6) is -1.26. The van der Waals surface area contributed by atoms with Crippen LogP contribution < -0.4 is 5.09 Å². The van der Waals surface area contributed by atoms with Crippen molar-refractivity contribution in [2.24, 2.45) is 0 Å². The lowest BCUT2D eigenvalue weighted by Gasteiger charge is -2.13. The molecule has 0 aromatic rings. The first-order valence-corrected chi connectivity index (χ1v) is 5.60. The first-order valence-electron chi connectivity index (χ1n) is 4.02. The van der Waals surface area contributed by atoms with Crippen LogP contribution in [0.3, 0.4) is 0 Å². The summed E-state index contributed by atoms with van der Waals surface area (Å²) in [6.45, 7) is 2.79. The third-order valence-electron chi connectivity index (χ3n) is 1.31. The van der Waals surface area contributed by atoms with Gasteiger partial charge in [-0.2, -0.15) is 0 Å². The van der Waals surface area contributed by atoms with Crippen LogP contribution in [0.4, 0.5) is 0 Å². The van der Waals surface area contributed by atoms with Crippen molar-refractivity contribution in [1.82, 2.24) is 5.09 Å².